The van der Waals surface area contributed by atoms with Crippen LogP contribution in [0.25, 0.3) is 0 Å². The number of nitrogens with one attached hydrogen (secondary N) is 2. The normalized spacial score (nSPS) is 12.4. The van der Waals surface area contributed by atoms with E-state index >= 15 is 0 Å². The van der Waals surface area contributed by atoms with E-state index in [1.807, 2.05) is 32.2 Å². The van der Waals surface area contributed by atoms with Crippen molar-refractivity contribution in [2.45, 2.75) is 19.5 Å². The van der Waals surface area contributed by atoms with Gasteiger partial charge in [0.1, 0.15) is 0 Å². The zero-order valence-corrected chi connectivity index (χ0v) is 11.9. The second-order valence-electron chi connectivity index (χ2n) is 3.95. The Kier molecular flexibility index (Phi) is 4.33. The van der Waals surface area contributed by atoms with Gasteiger partial charge in [-0.3, -0.25) is 0 Å². The fourth-order valence-electron chi connectivity index (χ4n) is 1.58. The summed E-state index contributed by atoms with van der Waals surface area (Å²) in [6.07, 6.45) is 0. The average Bonchev–Trinajstić information content (AvgIpc) is 2.77. The summed E-state index contributed by atoms with van der Waals surface area (Å²) in [6.45, 7) is 2.61. The third-order valence-electron chi connectivity index (χ3n) is 2.48. The summed E-state index contributed by atoms with van der Waals surface area (Å²) in [5.41, 5.74) is 1.15. The van der Waals surface area contributed by atoms with Crippen LogP contribution in [0.2, 0.25) is 0 Å². The van der Waals surface area contributed by atoms with E-state index in [0.29, 0.717) is 18.5 Å². The Balaban J connectivity index is 2.04. The van der Waals surface area contributed by atoms with Gasteiger partial charge in [-0.1, -0.05) is 33.2 Å². The summed E-state index contributed by atoms with van der Waals surface area (Å²) in [4.78, 5) is 0. The minimum atomic E-state index is 0.102. The minimum Gasteiger partial charge on any atom is -0.407 e. The molecule has 1 heterocycles. The third-order valence-corrected chi connectivity index (χ3v) is 2.98. The Labute approximate surface area is 114 Å². The number of anilines is 1. The lowest BCUT2D eigenvalue weighted by atomic mass is 10.1. The highest BCUT2D eigenvalue weighted by Gasteiger charge is 2.10. The number of halogens is 1. The first-order chi connectivity index (χ1) is 8.69. The monoisotopic (exact) mass is 310 g/mol. The van der Waals surface area contributed by atoms with Crippen LogP contribution in [0.15, 0.2) is 33.2 Å². The predicted molar refractivity (Wildman–Crippen MR) is 73.2 cm³/mol. The highest BCUT2D eigenvalue weighted by molar-refractivity contribution is 9.10. The van der Waals surface area contributed by atoms with Crippen molar-refractivity contribution in [2.75, 3.05) is 12.4 Å². The molecule has 0 saturated heterocycles. The van der Waals surface area contributed by atoms with Gasteiger partial charge in [-0.05, 0) is 31.7 Å². The summed E-state index contributed by atoms with van der Waals surface area (Å²) in [5, 5.41) is 14.0. The van der Waals surface area contributed by atoms with Gasteiger partial charge in [-0.2, -0.15) is 0 Å². The van der Waals surface area contributed by atoms with Crippen molar-refractivity contribution in [3.8, 4) is 0 Å². The van der Waals surface area contributed by atoms with Crippen LogP contribution in [-0.4, -0.2) is 17.2 Å². The Morgan fingerprint density at radius 2 is 2.22 bits per heavy atom. The van der Waals surface area contributed by atoms with Crippen LogP contribution in [0.4, 0.5) is 6.01 Å². The second-order valence-corrected chi connectivity index (χ2v) is 4.87. The highest BCUT2D eigenvalue weighted by atomic mass is 79.9. The number of aromatic nitrogens is 2. The number of rotatable bonds is 5. The molecule has 1 atom stereocenters. The van der Waals surface area contributed by atoms with E-state index < -0.39 is 0 Å². The van der Waals surface area contributed by atoms with E-state index in [4.69, 9.17) is 4.42 Å². The molecule has 1 unspecified atom stereocenters. The molecule has 0 amide bonds. The van der Waals surface area contributed by atoms with Crippen molar-refractivity contribution >= 4 is 21.9 Å². The topological polar surface area (TPSA) is 63.0 Å². The third kappa shape index (κ3) is 3.30. The van der Waals surface area contributed by atoms with Crippen molar-refractivity contribution in [2.24, 2.45) is 0 Å². The first kappa shape index (κ1) is 13.0. The summed E-state index contributed by atoms with van der Waals surface area (Å²) >= 11 is 3.45. The van der Waals surface area contributed by atoms with Crippen molar-refractivity contribution < 1.29 is 4.42 Å². The van der Waals surface area contributed by atoms with Gasteiger partial charge in [0.2, 0.25) is 5.89 Å². The summed E-state index contributed by atoms with van der Waals surface area (Å²) < 4.78 is 6.49. The molecule has 0 saturated carbocycles. The summed E-state index contributed by atoms with van der Waals surface area (Å²) in [6, 6.07) is 8.64. The highest BCUT2D eigenvalue weighted by Crippen LogP contribution is 2.21. The molecule has 0 aliphatic carbocycles. The fraction of sp³-hybridized carbons (Fsp3) is 0.333. The van der Waals surface area contributed by atoms with Gasteiger partial charge in [-0.25, -0.2) is 0 Å². The molecular formula is C12H15BrN4O. The lowest BCUT2D eigenvalue weighted by Crippen LogP contribution is -2.06. The average molecular weight is 311 g/mol. The lowest BCUT2D eigenvalue weighted by Gasteiger charge is -2.12. The molecular weight excluding hydrogens is 296 g/mol. The smallest absolute Gasteiger partial charge is 0.315 e. The van der Waals surface area contributed by atoms with Crippen molar-refractivity contribution in [1.29, 1.82) is 0 Å². The SMILES string of the molecule is CNCc1nnc(NC(C)c2cccc(Br)c2)o1. The zero-order chi connectivity index (χ0) is 13.0. The molecule has 96 valence electrons. The number of hydrogen-bond acceptors (Lipinski definition) is 5. The maximum absolute atomic E-state index is 5.44. The fourth-order valence-corrected chi connectivity index (χ4v) is 2.00. The quantitative estimate of drug-likeness (QED) is 0.889. The minimum absolute atomic E-state index is 0.102. The second kappa shape index (κ2) is 5.97. The molecule has 18 heavy (non-hydrogen) atoms. The van der Waals surface area contributed by atoms with Crippen LogP contribution in [0.1, 0.15) is 24.4 Å². The number of hydrogen-bond donors (Lipinski definition) is 2. The Hall–Kier alpha value is -1.40. The van der Waals surface area contributed by atoms with Crippen LogP contribution in [0.5, 0.6) is 0 Å². The van der Waals surface area contributed by atoms with E-state index in [2.05, 4.69) is 42.8 Å². The first-order valence-corrected chi connectivity index (χ1v) is 6.47. The molecule has 0 aliphatic heterocycles. The van der Waals surface area contributed by atoms with Crippen LogP contribution < -0.4 is 10.6 Å². The zero-order valence-electron chi connectivity index (χ0n) is 10.3. The van der Waals surface area contributed by atoms with Gasteiger partial charge in [0.25, 0.3) is 0 Å². The number of benzene rings is 1. The molecule has 1 aromatic carbocycles. The maximum atomic E-state index is 5.44. The predicted octanol–water partition coefficient (Wildman–Crippen LogP) is 2.72. The van der Waals surface area contributed by atoms with Crippen LogP contribution in [-0.2, 0) is 6.54 Å². The molecule has 0 radical (unpaired) electrons. The molecule has 0 bridgehead atoms. The standard InChI is InChI=1S/C12H15BrN4O/c1-8(9-4-3-5-10(13)6-9)15-12-17-16-11(18-12)7-14-2/h3-6,8,14H,7H2,1-2H3,(H,15,17). The van der Waals surface area contributed by atoms with Crippen molar-refractivity contribution in [1.82, 2.24) is 15.5 Å². The summed E-state index contributed by atoms with van der Waals surface area (Å²) in [5.74, 6) is 0.571. The molecule has 1 aromatic heterocycles. The first-order valence-electron chi connectivity index (χ1n) is 5.68. The molecule has 2 N–H and O–H groups in total. The molecule has 6 heteroatoms. The van der Waals surface area contributed by atoms with Crippen LogP contribution in [0.3, 0.4) is 0 Å². The van der Waals surface area contributed by atoms with Crippen molar-refractivity contribution in [3.05, 3.63) is 40.2 Å². The summed E-state index contributed by atoms with van der Waals surface area (Å²) in [7, 11) is 1.83. The van der Waals surface area contributed by atoms with E-state index in [1.54, 1.807) is 0 Å². The molecule has 0 spiro atoms. The van der Waals surface area contributed by atoms with E-state index in [9.17, 15) is 0 Å². The molecule has 5 nitrogen and oxygen atoms in total. The Morgan fingerprint density at radius 1 is 1.39 bits per heavy atom. The number of nitrogens with zero attached hydrogens (tertiary/aromatic N) is 2. The van der Waals surface area contributed by atoms with E-state index in [1.165, 1.54) is 0 Å². The van der Waals surface area contributed by atoms with Crippen molar-refractivity contribution in [3.63, 3.8) is 0 Å². The van der Waals surface area contributed by atoms with Gasteiger partial charge in [-0.15, -0.1) is 5.10 Å². The molecule has 0 aliphatic rings. The Bertz CT molecular complexity index is 514. The van der Waals surface area contributed by atoms with E-state index in [0.717, 1.165) is 10.0 Å². The van der Waals surface area contributed by atoms with E-state index in [-0.39, 0.29) is 6.04 Å². The van der Waals surface area contributed by atoms with Gasteiger partial charge < -0.3 is 15.1 Å². The largest absolute Gasteiger partial charge is 0.407 e. The van der Waals surface area contributed by atoms with Gasteiger partial charge >= 0.3 is 6.01 Å². The molecule has 2 rings (SSSR count). The Morgan fingerprint density at radius 3 is 2.94 bits per heavy atom. The van der Waals surface area contributed by atoms with Gasteiger partial charge in [0.05, 0.1) is 12.6 Å². The van der Waals surface area contributed by atoms with Gasteiger partial charge in [0.15, 0.2) is 0 Å². The van der Waals surface area contributed by atoms with Crippen LogP contribution >= 0.6 is 15.9 Å². The van der Waals surface area contributed by atoms with Crippen LogP contribution in [0, 0.1) is 0 Å². The lowest BCUT2D eigenvalue weighted by molar-refractivity contribution is 0.486. The maximum Gasteiger partial charge on any atom is 0.315 e. The van der Waals surface area contributed by atoms with Gasteiger partial charge in [0, 0.05) is 4.47 Å². The molecule has 0 fully saturated rings. The molecule has 2 aromatic rings.